The van der Waals surface area contributed by atoms with E-state index in [9.17, 15) is 5.26 Å². The fraction of sp³-hybridized carbons (Fsp3) is 0.278. The third-order valence-electron chi connectivity index (χ3n) is 3.93. The normalized spacial score (nSPS) is 15.3. The molecule has 3 heteroatoms. The van der Waals surface area contributed by atoms with Crippen molar-refractivity contribution in [3.63, 3.8) is 0 Å². The highest BCUT2D eigenvalue weighted by Crippen LogP contribution is 2.30. The van der Waals surface area contributed by atoms with Crippen molar-refractivity contribution >= 4 is 11.4 Å². The molecular formula is C18H19N3. The van der Waals surface area contributed by atoms with Gasteiger partial charge in [-0.2, -0.15) is 5.26 Å². The van der Waals surface area contributed by atoms with Gasteiger partial charge in [0.05, 0.1) is 23.4 Å². The number of nitriles is 1. The van der Waals surface area contributed by atoms with E-state index in [-0.39, 0.29) is 5.92 Å². The smallest absolute Gasteiger partial charge is 0.0887 e. The number of nitrogens with one attached hydrogen (secondary N) is 1. The first-order chi connectivity index (χ1) is 10.4. The third-order valence-corrected chi connectivity index (χ3v) is 3.93. The molecule has 2 aromatic rings. The van der Waals surface area contributed by atoms with E-state index in [0.29, 0.717) is 0 Å². The van der Waals surface area contributed by atoms with Crippen molar-refractivity contribution in [3.8, 4) is 6.07 Å². The minimum atomic E-state index is -0.0997. The van der Waals surface area contributed by atoms with Crippen molar-refractivity contribution in [3.05, 3.63) is 60.2 Å². The number of hydrogen-bond acceptors (Lipinski definition) is 3. The molecule has 1 atom stereocenters. The summed E-state index contributed by atoms with van der Waals surface area (Å²) in [4.78, 5) is 2.33. The number of anilines is 2. The molecule has 0 aliphatic carbocycles. The van der Waals surface area contributed by atoms with Crippen molar-refractivity contribution in [1.29, 1.82) is 5.26 Å². The fourth-order valence-electron chi connectivity index (χ4n) is 2.83. The van der Waals surface area contributed by atoms with Crippen molar-refractivity contribution in [2.75, 3.05) is 29.9 Å². The molecule has 1 aliphatic heterocycles. The quantitative estimate of drug-likeness (QED) is 0.931. The lowest BCUT2D eigenvalue weighted by atomic mass is 9.99. The Morgan fingerprint density at radius 1 is 1.10 bits per heavy atom. The standard InChI is InChI=1S/C18H19N3/c19-13-16(15-7-2-1-3-8-15)14-21-12-6-11-20-17-9-4-5-10-18(17)21/h1-5,7-10,16,20H,6,11-12,14H2. The maximum atomic E-state index is 9.54. The van der Waals surface area contributed by atoms with Crippen LogP contribution >= 0.6 is 0 Å². The van der Waals surface area contributed by atoms with E-state index < -0.39 is 0 Å². The summed E-state index contributed by atoms with van der Waals surface area (Å²) in [6.07, 6.45) is 1.08. The Morgan fingerprint density at radius 3 is 2.67 bits per heavy atom. The van der Waals surface area contributed by atoms with E-state index in [1.807, 2.05) is 36.4 Å². The SMILES string of the molecule is N#CC(CN1CCCNc2ccccc21)c1ccccc1. The van der Waals surface area contributed by atoms with Gasteiger partial charge in [-0.05, 0) is 24.1 Å². The molecule has 0 spiro atoms. The highest BCUT2D eigenvalue weighted by atomic mass is 15.2. The van der Waals surface area contributed by atoms with Gasteiger partial charge in [-0.25, -0.2) is 0 Å². The highest BCUT2D eigenvalue weighted by molar-refractivity contribution is 5.70. The van der Waals surface area contributed by atoms with Gasteiger partial charge in [0.15, 0.2) is 0 Å². The Kier molecular flexibility index (Phi) is 4.07. The molecule has 106 valence electrons. The molecule has 3 rings (SSSR count). The van der Waals surface area contributed by atoms with Gasteiger partial charge >= 0.3 is 0 Å². The molecular weight excluding hydrogens is 258 g/mol. The van der Waals surface area contributed by atoms with Crippen LogP contribution in [0.3, 0.4) is 0 Å². The van der Waals surface area contributed by atoms with Crippen molar-refractivity contribution in [1.82, 2.24) is 0 Å². The van der Waals surface area contributed by atoms with Crippen molar-refractivity contribution < 1.29 is 0 Å². The predicted octanol–water partition coefficient (Wildman–Crippen LogP) is 3.62. The average molecular weight is 277 g/mol. The van der Waals surface area contributed by atoms with Crippen LogP contribution in [0.1, 0.15) is 17.9 Å². The Labute approximate surface area is 125 Å². The van der Waals surface area contributed by atoms with Crippen LogP contribution in [0.5, 0.6) is 0 Å². The molecule has 0 bridgehead atoms. The molecule has 3 nitrogen and oxygen atoms in total. The van der Waals surface area contributed by atoms with E-state index in [1.54, 1.807) is 0 Å². The van der Waals surface area contributed by atoms with Crippen LogP contribution in [0.15, 0.2) is 54.6 Å². The molecule has 1 unspecified atom stereocenters. The van der Waals surface area contributed by atoms with Crippen molar-refractivity contribution in [2.45, 2.75) is 12.3 Å². The number of nitrogens with zero attached hydrogens (tertiary/aromatic N) is 2. The Hall–Kier alpha value is -2.47. The molecule has 0 saturated heterocycles. The summed E-state index contributed by atoms with van der Waals surface area (Å²) >= 11 is 0. The summed E-state index contributed by atoms with van der Waals surface area (Å²) in [7, 11) is 0. The summed E-state index contributed by atoms with van der Waals surface area (Å²) in [6.45, 7) is 2.70. The Morgan fingerprint density at radius 2 is 1.86 bits per heavy atom. The van der Waals surface area contributed by atoms with Gasteiger partial charge in [0.2, 0.25) is 0 Å². The predicted molar refractivity (Wildman–Crippen MR) is 86.6 cm³/mol. The second-order valence-corrected chi connectivity index (χ2v) is 5.34. The van der Waals surface area contributed by atoms with Crippen LogP contribution in [0.2, 0.25) is 0 Å². The topological polar surface area (TPSA) is 39.1 Å². The second-order valence-electron chi connectivity index (χ2n) is 5.34. The summed E-state index contributed by atoms with van der Waals surface area (Å²) < 4.78 is 0. The molecule has 2 aromatic carbocycles. The first-order valence-corrected chi connectivity index (χ1v) is 7.41. The van der Waals surface area contributed by atoms with Crippen LogP contribution in [-0.2, 0) is 0 Å². The minimum Gasteiger partial charge on any atom is -0.383 e. The van der Waals surface area contributed by atoms with Gasteiger partial charge in [0.1, 0.15) is 0 Å². The maximum Gasteiger partial charge on any atom is 0.0887 e. The lowest BCUT2D eigenvalue weighted by Crippen LogP contribution is -2.28. The number of para-hydroxylation sites is 2. The molecule has 0 amide bonds. The third kappa shape index (κ3) is 3.00. The molecule has 1 N–H and O–H groups in total. The molecule has 0 fully saturated rings. The number of fused-ring (bicyclic) bond motifs is 1. The molecule has 0 radical (unpaired) electrons. The van der Waals surface area contributed by atoms with Crippen LogP contribution in [0, 0.1) is 11.3 Å². The molecule has 0 saturated carbocycles. The van der Waals surface area contributed by atoms with E-state index in [4.69, 9.17) is 0 Å². The van der Waals surface area contributed by atoms with E-state index in [0.717, 1.165) is 31.6 Å². The van der Waals surface area contributed by atoms with E-state index in [2.05, 4.69) is 34.5 Å². The summed E-state index contributed by atoms with van der Waals surface area (Å²) in [5.74, 6) is -0.0997. The molecule has 0 aromatic heterocycles. The number of hydrogen-bond donors (Lipinski definition) is 1. The molecule has 21 heavy (non-hydrogen) atoms. The average Bonchev–Trinajstić information content (AvgIpc) is 2.76. The molecule has 1 aliphatic rings. The zero-order valence-electron chi connectivity index (χ0n) is 12.0. The summed E-state index contributed by atoms with van der Waals surface area (Å²) in [5.41, 5.74) is 3.46. The zero-order chi connectivity index (χ0) is 14.5. The monoisotopic (exact) mass is 277 g/mol. The van der Waals surface area contributed by atoms with Gasteiger partial charge < -0.3 is 10.2 Å². The first kappa shape index (κ1) is 13.5. The van der Waals surface area contributed by atoms with E-state index in [1.165, 1.54) is 11.4 Å². The maximum absolute atomic E-state index is 9.54. The van der Waals surface area contributed by atoms with Crippen LogP contribution < -0.4 is 10.2 Å². The van der Waals surface area contributed by atoms with Crippen molar-refractivity contribution in [2.24, 2.45) is 0 Å². The Bertz CT molecular complexity index is 630. The molecule has 1 heterocycles. The Balaban J connectivity index is 1.85. The largest absolute Gasteiger partial charge is 0.383 e. The van der Waals surface area contributed by atoms with Gasteiger partial charge in [0.25, 0.3) is 0 Å². The first-order valence-electron chi connectivity index (χ1n) is 7.41. The van der Waals surface area contributed by atoms with Gasteiger partial charge in [-0.15, -0.1) is 0 Å². The number of benzene rings is 2. The summed E-state index contributed by atoms with van der Waals surface area (Å²) in [5, 5.41) is 13.0. The lowest BCUT2D eigenvalue weighted by molar-refractivity contribution is 0.720. The van der Waals surface area contributed by atoms with E-state index >= 15 is 0 Å². The second kappa shape index (κ2) is 6.32. The zero-order valence-corrected chi connectivity index (χ0v) is 12.0. The van der Waals surface area contributed by atoms with Crippen LogP contribution in [0.25, 0.3) is 0 Å². The van der Waals surface area contributed by atoms with Gasteiger partial charge in [-0.1, -0.05) is 42.5 Å². The van der Waals surface area contributed by atoms with Gasteiger partial charge in [-0.3, -0.25) is 0 Å². The fourth-order valence-corrected chi connectivity index (χ4v) is 2.83. The summed E-state index contributed by atoms with van der Waals surface area (Å²) in [6, 6.07) is 20.9. The van der Waals surface area contributed by atoms with Crippen LogP contribution in [-0.4, -0.2) is 19.6 Å². The van der Waals surface area contributed by atoms with Gasteiger partial charge in [0, 0.05) is 19.6 Å². The van der Waals surface area contributed by atoms with Crippen LogP contribution in [0.4, 0.5) is 11.4 Å². The lowest BCUT2D eigenvalue weighted by Gasteiger charge is -2.26. The minimum absolute atomic E-state index is 0.0997. The number of rotatable bonds is 3. The highest BCUT2D eigenvalue weighted by Gasteiger charge is 2.19.